The maximum atomic E-state index is 5.56. The molecule has 2 aromatic heterocycles. The van der Waals surface area contributed by atoms with Crippen molar-refractivity contribution < 1.29 is 4.52 Å². The van der Waals surface area contributed by atoms with E-state index in [1.807, 2.05) is 19.2 Å². The predicted molar refractivity (Wildman–Crippen MR) is 76.1 cm³/mol. The summed E-state index contributed by atoms with van der Waals surface area (Å²) in [7, 11) is 2.03. The second-order valence-corrected chi connectivity index (χ2v) is 4.72. The number of rotatable bonds is 3. The van der Waals surface area contributed by atoms with Crippen LogP contribution in [0.2, 0.25) is 0 Å². The average molecular weight is 256 g/mol. The van der Waals surface area contributed by atoms with E-state index in [0.29, 0.717) is 12.4 Å². The van der Waals surface area contributed by atoms with Crippen LogP contribution in [-0.4, -0.2) is 17.2 Å². The Morgan fingerprint density at radius 3 is 2.89 bits per heavy atom. The van der Waals surface area contributed by atoms with Crippen molar-refractivity contribution in [2.24, 2.45) is 0 Å². The fourth-order valence-electron chi connectivity index (χ4n) is 2.47. The number of hydrogen-bond donors (Lipinski definition) is 2. The molecule has 0 atom stereocenters. The lowest BCUT2D eigenvalue weighted by molar-refractivity contribution is 0.385. The smallest absolute Gasteiger partial charge is 0.167 e. The standard InChI is InChI=1S/C14H16N4O/c1-9-14(11-5-3-4-6-12(11)16-9)18(2)8-10-7-13(15)17-19-10/h3-7,16H,8H2,1-2H3,(H2,15,17). The number of aromatic amines is 1. The van der Waals surface area contributed by atoms with Crippen LogP contribution in [0.5, 0.6) is 0 Å². The number of nitrogen functional groups attached to an aromatic ring is 1. The third kappa shape index (κ3) is 2.03. The van der Waals surface area contributed by atoms with Gasteiger partial charge in [0, 0.05) is 29.7 Å². The summed E-state index contributed by atoms with van der Waals surface area (Å²) in [5, 5.41) is 4.91. The molecular weight excluding hydrogens is 240 g/mol. The zero-order chi connectivity index (χ0) is 13.4. The number of H-pyrrole nitrogens is 1. The highest BCUT2D eigenvalue weighted by Crippen LogP contribution is 2.30. The summed E-state index contributed by atoms with van der Waals surface area (Å²) in [6.07, 6.45) is 0. The second-order valence-electron chi connectivity index (χ2n) is 4.72. The van der Waals surface area contributed by atoms with Gasteiger partial charge in [-0.2, -0.15) is 0 Å². The number of anilines is 2. The number of nitrogens with two attached hydrogens (primary N) is 1. The molecule has 0 amide bonds. The zero-order valence-electron chi connectivity index (χ0n) is 11.0. The Labute approximate surface area is 111 Å². The molecule has 0 aliphatic rings. The van der Waals surface area contributed by atoms with Crippen molar-refractivity contribution in [1.29, 1.82) is 0 Å². The lowest BCUT2D eigenvalue weighted by atomic mass is 10.2. The highest BCUT2D eigenvalue weighted by Gasteiger charge is 2.14. The molecule has 0 radical (unpaired) electrons. The van der Waals surface area contributed by atoms with Crippen molar-refractivity contribution in [3.8, 4) is 0 Å². The van der Waals surface area contributed by atoms with Gasteiger partial charge >= 0.3 is 0 Å². The largest absolute Gasteiger partial charge is 0.381 e. The second kappa shape index (κ2) is 4.35. The number of aryl methyl sites for hydroxylation is 1. The van der Waals surface area contributed by atoms with Crippen LogP contribution in [0.4, 0.5) is 11.5 Å². The Morgan fingerprint density at radius 1 is 1.37 bits per heavy atom. The number of fused-ring (bicyclic) bond motifs is 1. The Morgan fingerprint density at radius 2 is 2.16 bits per heavy atom. The molecule has 3 aromatic rings. The molecule has 98 valence electrons. The number of benzene rings is 1. The van der Waals surface area contributed by atoms with E-state index in [1.165, 1.54) is 11.1 Å². The van der Waals surface area contributed by atoms with Gasteiger partial charge in [0.25, 0.3) is 0 Å². The third-order valence-electron chi connectivity index (χ3n) is 3.21. The molecule has 3 N–H and O–H groups in total. The van der Waals surface area contributed by atoms with E-state index < -0.39 is 0 Å². The summed E-state index contributed by atoms with van der Waals surface area (Å²) >= 11 is 0. The highest BCUT2D eigenvalue weighted by molar-refractivity contribution is 5.94. The maximum Gasteiger partial charge on any atom is 0.167 e. The first-order chi connectivity index (χ1) is 9.15. The molecule has 0 unspecified atom stereocenters. The Kier molecular flexibility index (Phi) is 2.67. The minimum Gasteiger partial charge on any atom is -0.381 e. The van der Waals surface area contributed by atoms with Gasteiger partial charge < -0.3 is 20.1 Å². The molecule has 0 aliphatic carbocycles. The van der Waals surface area contributed by atoms with Crippen LogP contribution in [-0.2, 0) is 6.54 Å². The molecule has 0 aliphatic heterocycles. The molecule has 5 heteroatoms. The zero-order valence-corrected chi connectivity index (χ0v) is 11.0. The summed E-state index contributed by atoms with van der Waals surface area (Å²) in [6, 6.07) is 10.0. The van der Waals surface area contributed by atoms with Gasteiger partial charge in [-0.25, -0.2) is 0 Å². The first kappa shape index (κ1) is 11.6. The van der Waals surface area contributed by atoms with E-state index in [-0.39, 0.29) is 0 Å². The Balaban J connectivity index is 1.97. The van der Waals surface area contributed by atoms with Crippen molar-refractivity contribution in [1.82, 2.24) is 10.1 Å². The molecule has 0 fully saturated rings. The minimum atomic E-state index is 0.416. The van der Waals surface area contributed by atoms with E-state index >= 15 is 0 Å². The van der Waals surface area contributed by atoms with Gasteiger partial charge in [0.15, 0.2) is 11.6 Å². The molecule has 0 saturated carbocycles. The van der Waals surface area contributed by atoms with Crippen LogP contribution >= 0.6 is 0 Å². The predicted octanol–water partition coefficient (Wildman–Crippen LogP) is 2.68. The topological polar surface area (TPSA) is 71.1 Å². The van der Waals surface area contributed by atoms with Crippen molar-refractivity contribution in [3.63, 3.8) is 0 Å². The molecular formula is C14H16N4O. The Hall–Kier alpha value is -2.43. The fraction of sp³-hybridized carbons (Fsp3) is 0.214. The molecule has 19 heavy (non-hydrogen) atoms. The van der Waals surface area contributed by atoms with Crippen LogP contribution in [0.1, 0.15) is 11.5 Å². The van der Waals surface area contributed by atoms with Crippen LogP contribution in [0, 0.1) is 6.92 Å². The van der Waals surface area contributed by atoms with Crippen LogP contribution in [0.3, 0.4) is 0 Å². The number of para-hydroxylation sites is 1. The molecule has 0 saturated heterocycles. The fourth-order valence-corrected chi connectivity index (χ4v) is 2.47. The first-order valence-electron chi connectivity index (χ1n) is 6.14. The molecule has 2 heterocycles. The van der Waals surface area contributed by atoms with E-state index in [4.69, 9.17) is 10.3 Å². The van der Waals surface area contributed by atoms with Gasteiger partial charge in [0.1, 0.15) is 0 Å². The normalized spacial score (nSPS) is 11.1. The van der Waals surface area contributed by atoms with Crippen molar-refractivity contribution >= 4 is 22.4 Å². The van der Waals surface area contributed by atoms with Crippen LogP contribution in [0.15, 0.2) is 34.9 Å². The van der Waals surface area contributed by atoms with Gasteiger partial charge in [-0.05, 0) is 13.0 Å². The van der Waals surface area contributed by atoms with Crippen molar-refractivity contribution in [2.75, 3.05) is 17.7 Å². The van der Waals surface area contributed by atoms with Crippen molar-refractivity contribution in [2.45, 2.75) is 13.5 Å². The quantitative estimate of drug-likeness (QED) is 0.755. The molecule has 0 spiro atoms. The molecule has 3 rings (SSSR count). The molecule has 5 nitrogen and oxygen atoms in total. The summed E-state index contributed by atoms with van der Waals surface area (Å²) in [5.41, 5.74) is 9.01. The monoisotopic (exact) mass is 256 g/mol. The summed E-state index contributed by atoms with van der Waals surface area (Å²) in [6.45, 7) is 2.70. The van der Waals surface area contributed by atoms with Gasteiger partial charge in [-0.3, -0.25) is 0 Å². The van der Waals surface area contributed by atoms with Crippen LogP contribution < -0.4 is 10.6 Å². The van der Waals surface area contributed by atoms with E-state index in [1.54, 1.807) is 6.07 Å². The number of aromatic nitrogens is 2. The lowest BCUT2D eigenvalue weighted by Gasteiger charge is -2.17. The van der Waals surface area contributed by atoms with E-state index in [2.05, 4.69) is 34.1 Å². The first-order valence-corrected chi connectivity index (χ1v) is 6.14. The summed E-state index contributed by atoms with van der Waals surface area (Å²) in [5.74, 6) is 1.17. The Bertz CT molecular complexity index is 713. The summed E-state index contributed by atoms with van der Waals surface area (Å²) in [4.78, 5) is 5.52. The number of nitrogens with zero attached hydrogens (tertiary/aromatic N) is 2. The number of hydrogen-bond acceptors (Lipinski definition) is 4. The molecule has 1 aromatic carbocycles. The van der Waals surface area contributed by atoms with E-state index in [9.17, 15) is 0 Å². The average Bonchev–Trinajstić information content (AvgIpc) is 2.91. The van der Waals surface area contributed by atoms with E-state index in [0.717, 1.165) is 17.0 Å². The van der Waals surface area contributed by atoms with Crippen LogP contribution in [0.25, 0.3) is 10.9 Å². The van der Waals surface area contributed by atoms with Gasteiger partial charge in [0.2, 0.25) is 0 Å². The highest BCUT2D eigenvalue weighted by atomic mass is 16.5. The third-order valence-corrected chi connectivity index (χ3v) is 3.21. The number of nitrogens with one attached hydrogen (secondary N) is 1. The van der Waals surface area contributed by atoms with Gasteiger partial charge in [-0.1, -0.05) is 23.4 Å². The SMILES string of the molecule is Cc1[nH]c2ccccc2c1N(C)Cc1cc(N)no1. The minimum absolute atomic E-state index is 0.416. The van der Waals surface area contributed by atoms with Crippen molar-refractivity contribution in [3.05, 3.63) is 41.8 Å². The summed E-state index contributed by atoms with van der Waals surface area (Å²) < 4.78 is 5.16. The van der Waals surface area contributed by atoms with Gasteiger partial charge in [-0.15, -0.1) is 0 Å². The maximum absolute atomic E-state index is 5.56. The molecule has 0 bridgehead atoms. The lowest BCUT2D eigenvalue weighted by Crippen LogP contribution is -2.16. The van der Waals surface area contributed by atoms with Gasteiger partial charge in [0.05, 0.1) is 12.2 Å².